The van der Waals surface area contributed by atoms with Gasteiger partial charge in [0.25, 0.3) is 0 Å². The number of hydrogen-bond donors (Lipinski definition) is 1. The lowest BCUT2D eigenvalue weighted by atomic mass is 9.80. The van der Waals surface area contributed by atoms with Crippen LogP contribution in [0, 0.1) is 11.3 Å². The summed E-state index contributed by atoms with van der Waals surface area (Å²) in [5.41, 5.74) is 0.305. The number of likely N-dealkylation sites (tertiary alicyclic amines) is 1. The van der Waals surface area contributed by atoms with E-state index in [1.54, 1.807) is 0 Å². The lowest BCUT2D eigenvalue weighted by Crippen LogP contribution is -2.51. The molecule has 0 aromatic carbocycles. The van der Waals surface area contributed by atoms with Crippen molar-refractivity contribution in [2.45, 2.75) is 53.0 Å². The Hall–Kier alpha value is -0.770. The molecule has 1 aliphatic heterocycles. The van der Waals surface area contributed by atoms with Gasteiger partial charge in [0.2, 0.25) is 0 Å². The highest BCUT2D eigenvalue weighted by Crippen LogP contribution is 2.30. The quantitative estimate of drug-likeness (QED) is 0.854. The van der Waals surface area contributed by atoms with Crippen molar-refractivity contribution in [3.05, 3.63) is 0 Å². The highest BCUT2D eigenvalue weighted by atomic mass is 16.5. The van der Waals surface area contributed by atoms with Gasteiger partial charge >= 0.3 is 6.09 Å². The molecule has 0 radical (unpaired) electrons. The first kappa shape index (κ1) is 16.3. The average molecular weight is 270 g/mol. The molecular weight excluding hydrogens is 240 g/mol. The minimum Gasteiger partial charge on any atom is -0.453 e. The number of piperidine rings is 1. The third-order valence-electron chi connectivity index (χ3n) is 3.55. The number of ether oxygens (including phenoxy) is 1. The molecule has 0 aromatic heterocycles. The van der Waals surface area contributed by atoms with Crippen molar-refractivity contribution in [2.75, 3.05) is 26.7 Å². The fourth-order valence-electron chi connectivity index (χ4n) is 2.99. The maximum atomic E-state index is 11.8. The summed E-state index contributed by atoms with van der Waals surface area (Å²) in [5.74, 6) is 0.558. The molecule has 19 heavy (non-hydrogen) atoms. The Balaban J connectivity index is 2.63. The van der Waals surface area contributed by atoms with Crippen LogP contribution in [0.25, 0.3) is 0 Å². The maximum absolute atomic E-state index is 11.8. The van der Waals surface area contributed by atoms with E-state index in [2.05, 4.69) is 33.0 Å². The first-order valence-corrected chi connectivity index (χ1v) is 7.42. The van der Waals surface area contributed by atoms with Gasteiger partial charge < -0.3 is 15.0 Å². The summed E-state index contributed by atoms with van der Waals surface area (Å²) in [4.78, 5) is 13.6. The fraction of sp³-hybridized carbons (Fsp3) is 0.933. The van der Waals surface area contributed by atoms with Gasteiger partial charge in [-0.25, -0.2) is 4.79 Å². The minimum atomic E-state index is -0.193. The largest absolute Gasteiger partial charge is 0.453 e. The zero-order chi connectivity index (χ0) is 14.5. The van der Waals surface area contributed by atoms with Crippen molar-refractivity contribution in [1.29, 1.82) is 0 Å². The van der Waals surface area contributed by atoms with Gasteiger partial charge in [-0.1, -0.05) is 27.7 Å². The lowest BCUT2D eigenvalue weighted by Gasteiger charge is -2.39. The molecule has 1 aliphatic rings. The summed E-state index contributed by atoms with van der Waals surface area (Å²) in [6.07, 6.45) is 3.23. The lowest BCUT2D eigenvalue weighted by molar-refractivity contribution is 0.0809. The molecule has 4 heteroatoms. The smallest absolute Gasteiger partial charge is 0.409 e. The summed E-state index contributed by atoms with van der Waals surface area (Å²) in [5, 5.41) is 3.55. The Morgan fingerprint density at radius 1 is 1.37 bits per heavy atom. The summed E-state index contributed by atoms with van der Waals surface area (Å²) >= 11 is 0. The van der Waals surface area contributed by atoms with Gasteiger partial charge in [-0.2, -0.15) is 0 Å². The number of carbonyl (C=O) groups is 1. The van der Waals surface area contributed by atoms with E-state index < -0.39 is 0 Å². The molecule has 0 aliphatic carbocycles. The SMILES string of the molecule is CCCNC1CC(CC(C)(C)C)CN(C(=O)OC)C1. The third-order valence-corrected chi connectivity index (χ3v) is 3.55. The number of rotatable bonds is 4. The van der Waals surface area contributed by atoms with Crippen LogP contribution in [0.5, 0.6) is 0 Å². The second-order valence-corrected chi connectivity index (χ2v) is 6.89. The third kappa shape index (κ3) is 5.81. The molecule has 0 aromatic rings. The normalized spacial score (nSPS) is 24.4. The molecule has 1 N–H and O–H groups in total. The molecule has 2 unspecified atom stereocenters. The second-order valence-electron chi connectivity index (χ2n) is 6.89. The van der Waals surface area contributed by atoms with Crippen LogP contribution in [0.3, 0.4) is 0 Å². The van der Waals surface area contributed by atoms with Crippen LogP contribution in [0.2, 0.25) is 0 Å². The van der Waals surface area contributed by atoms with E-state index in [1.165, 1.54) is 7.11 Å². The summed E-state index contributed by atoms with van der Waals surface area (Å²) < 4.78 is 4.88. The molecule has 1 saturated heterocycles. The minimum absolute atomic E-state index is 0.193. The number of nitrogens with one attached hydrogen (secondary N) is 1. The Morgan fingerprint density at radius 3 is 2.58 bits per heavy atom. The Kier molecular flexibility index (Phi) is 6.11. The van der Waals surface area contributed by atoms with Crippen molar-refractivity contribution in [3.8, 4) is 0 Å². The summed E-state index contributed by atoms with van der Waals surface area (Å²) in [6, 6.07) is 0.403. The van der Waals surface area contributed by atoms with Crippen molar-refractivity contribution in [3.63, 3.8) is 0 Å². The van der Waals surface area contributed by atoms with E-state index in [4.69, 9.17) is 4.74 Å². The van der Waals surface area contributed by atoms with Crippen molar-refractivity contribution >= 4 is 6.09 Å². The predicted octanol–water partition coefficient (Wildman–Crippen LogP) is 2.88. The van der Waals surface area contributed by atoms with E-state index in [0.29, 0.717) is 17.4 Å². The molecule has 0 bridgehead atoms. The van der Waals surface area contributed by atoms with Crippen LogP contribution >= 0.6 is 0 Å². The predicted molar refractivity (Wildman–Crippen MR) is 78.2 cm³/mol. The number of nitrogens with zero attached hydrogens (tertiary/aromatic N) is 1. The van der Waals surface area contributed by atoms with Crippen molar-refractivity contribution in [1.82, 2.24) is 10.2 Å². The van der Waals surface area contributed by atoms with E-state index in [-0.39, 0.29) is 6.09 Å². The molecular formula is C15H30N2O2. The standard InChI is InChI=1S/C15H30N2O2/c1-6-7-16-13-8-12(9-15(2,3)4)10-17(11-13)14(18)19-5/h12-13,16H,6-11H2,1-5H3. The molecule has 0 saturated carbocycles. The molecule has 1 rings (SSSR count). The van der Waals surface area contributed by atoms with Crippen LogP contribution in [-0.4, -0.2) is 43.8 Å². The Labute approximate surface area is 117 Å². The monoisotopic (exact) mass is 270 g/mol. The van der Waals surface area contributed by atoms with E-state index >= 15 is 0 Å². The van der Waals surface area contributed by atoms with E-state index in [0.717, 1.165) is 38.9 Å². The Morgan fingerprint density at radius 2 is 2.05 bits per heavy atom. The number of carbonyl (C=O) groups excluding carboxylic acids is 1. The number of hydrogen-bond acceptors (Lipinski definition) is 3. The molecule has 1 amide bonds. The van der Waals surface area contributed by atoms with Gasteiger partial charge in [0.1, 0.15) is 0 Å². The topological polar surface area (TPSA) is 41.6 Å². The van der Waals surface area contributed by atoms with Gasteiger partial charge in [0.15, 0.2) is 0 Å². The van der Waals surface area contributed by atoms with Gasteiger partial charge in [0.05, 0.1) is 7.11 Å². The second kappa shape index (κ2) is 7.13. The zero-order valence-electron chi connectivity index (χ0n) is 13.2. The first-order valence-electron chi connectivity index (χ1n) is 7.42. The van der Waals surface area contributed by atoms with Crippen molar-refractivity contribution < 1.29 is 9.53 Å². The number of amides is 1. The molecule has 4 nitrogen and oxygen atoms in total. The highest BCUT2D eigenvalue weighted by molar-refractivity contribution is 5.67. The fourth-order valence-corrected chi connectivity index (χ4v) is 2.99. The van der Waals surface area contributed by atoms with Crippen LogP contribution < -0.4 is 5.32 Å². The van der Waals surface area contributed by atoms with Gasteiger partial charge in [-0.05, 0) is 37.1 Å². The summed E-state index contributed by atoms with van der Waals surface area (Å²) in [6.45, 7) is 11.6. The summed E-state index contributed by atoms with van der Waals surface area (Å²) in [7, 11) is 1.46. The van der Waals surface area contributed by atoms with Gasteiger partial charge in [-0.3, -0.25) is 0 Å². The highest BCUT2D eigenvalue weighted by Gasteiger charge is 2.32. The van der Waals surface area contributed by atoms with Crippen LogP contribution in [0.4, 0.5) is 4.79 Å². The molecule has 112 valence electrons. The maximum Gasteiger partial charge on any atom is 0.409 e. The Bertz CT molecular complexity index is 286. The van der Waals surface area contributed by atoms with Crippen molar-refractivity contribution in [2.24, 2.45) is 11.3 Å². The molecule has 0 spiro atoms. The van der Waals surface area contributed by atoms with Crippen LogP contribution in [-0.2, 0) is 4.74 Å². The molecule has 1 fully saturated rings. The zero-order valence-corrected chi connectivity index (χ0v) is 13.2. The van der Waals surface area contributed by atoms with Gasteiger partial charge in [0, 0.05) is 19.1 Å². The average Bonchev–Trinajstić information content (AvgIpc) is 2.33. The van der Waals surface area contributed by atoms with Gasteiger partial charge in [-0.15, -0.1) is 0 Å². The van der Waals surface area contributed by atoms with Crippen LogP contribution in [0.15, 0.2) is 0 Å². The molecule has 1 heterocycles. The van der Waals surface area contributed by atoms with Crippen LogP contribution in [0.1, 0.15) is 47.0 Å². The van der Waals surface area contributed by atoms with E-state index in [1.807, 2.05) is 4.90 Å². The van der Waals surface area contributed by atoms with E-state index in [9.17, 15) is 4.79 Å². The number of methoxy groups -OCH3 is 1. The first-order chi connectivity index (χ1) is 8.85. The molecule has 2 atom stereocenters.